The first-order chi connectivity index (χ1) is 7.81. The van der Waals surface area contributed by atoms with Gasteiger partial charge in [-0.15, -0.1) is 0 Å². The summed E-state index contributed by atoms with van der Waals surface area (Å²) >= 11 is 0. The number of hydrogen-bond acceptors (Lipinski definition) is 3. The van der Waals surface area contributed by atoms with Gasteiger partial charge >= 0.3 is 5.97 Å². The fraction of sp³-hybridized carbons (Fsp3) is 0.231. The molecule has 0 fully saturated rings. The molecule has 0 radical (unpaired) electrons. The van der Waals surface area contributed by atoms with Gasteiger partial charge in [-0.25, -0.2) is 0 Å². The molecule has 0 saturated carbocycles. The Morgan fingerprint density at radius 1 is 1.38 bits per heavy atom. The van der Waals surface area contributed by atoms with Crippen LogP contribution in [0.5, 0.6) is 5.75 Å². The molecule has 0 spiro atoms. The van der Waals surface area contributed by atoms with Gasteiger partial charge in [0.05, 0.1) is 0 Å². The highest BCUT2D eigenvalue weighted by molar-refractivity contribution is 5.89. The van der Waals surface area contributed by atoms with Gasteiger partial charge in [-0.2, -0.15) is 0 Å². The Morgan fingerprint density at radius 3 is 3.06 bits per heavy atom. The Labute approximate surface area is 94.1 Å². The maximum Gasteiger partial charge on any atom is 0.311 e. The molecule has 0 bridgehead atoms. The van der Waals surface area contributed by atoms with Crippen LogP contribution < -0.4 is 4.74 Å². The van der Waals surface area contributed by atoms with E-state index in [9.17, 15) is 4.79 Å². The van der Waals surface area contributed by atoms with Crippen molar-refractivity contribution in [1.29, 1.82) is 0 Å². The molecule has 0 atom stereocenters. The minimum atomic E-state index is -0.188. The van der Waals surface area contributed by atoms with Crippen LogP contribution in [0.15, 0.2) is 36.7 Å². The lowest BCUT2D eigenvalue weighted by Gasteiger charge is -2.06. The van der Waals surface area contributed by atoms with E-state index < -0.39 is 0 Å². The van der Waals surface area contributed by atoms with Gasteiger partial charge < -0.3 is 4.74 Å². The van der Waals surface area contributed by atoms with E-state index in [0.29, 0.717) is 12.2 Å². The van der Waals surface area contributed by atoms with Crippen LogP contribution in [0, 0.1) is 0 Å². The van der Waals surface area contributed by atoms with Crippen molar-refractivity contribution in [3.63, 3.8) is 0 Å². The van der Waals surface area contributed by atoms with E-state index in [1.54, 1.807) is 18.5 Å². The van der Waals surface area contributed by atoms with E-state index in [4.69, 9.17) is 4.74 Å². The molecule has 0 amide bonds. The van der Waals surface area contributed by atoms with E-state index in [1.807, 2.05) is 25.1 Å². The van der Waals surface area contributed by atoms with E-state index in [-0.39, 0.29) is 5.97 Å². The second-order valence-corrected chi connectivity index (χ2v) is 3.58. The third-order valence-corrected chi connectivity index (χ3v) is 2.32. The zero-order chi connectivity index (χ0) is 11.4. The lowest BCUT2D eigenvalue weighted by atomic mass is 10.1. The van der Waals surface area contributed by atoms with Crippen molar-refractivity contribution in [1.82, 2.24) is 4.98 Å². The van der Waals surface area contributed by atoms with Crippen molar-refractivity contribution in [2.24, 2.45) is 0 Å². The topological polar surface area (TPSA) is 39.2 Å². The summed E-state index contributed by atoms with van der Waals surface area (Å²) in [7, 11) is 0. The van der Waals surface area contributed by atoms with Gasteiger partial charge in [0.1, 0.15) is 5.75 Å². The number of fused-ring (bicyclic) bond motifs is 1. The summed E-state index contributed by atoms with van der Waals surface area (Å²) in [5.74, 6) is 0.421. The second kappa shape index (κ2) is 4.75. The molecule has 0 aliphatic carbocycles. The van der Waals surface area contributed by atoms with Crippen LogP contribution in [-0.4, -0.2) is 11.0 Å². The van der Waals surface area contributed by atoms with Crippen molar-refractivity contribution in [3.05, 3.63) is 36.7 Å². The predicted molar refractivity (Wildman–Crippen MR) is 62.3 cm³/mol. The molecule has 0 N–H and O–H groups in total. The Morgan fingerprint density at radius 2 is 2.25 bits per heavy atom. The van der Waals surface area contributed by atoms with Crippen molar-refractivity contribution in [2.45, 2.75) is 19.8 Å². The summed E-state index contributed by atoms with van der Waals surface area (Å²) in [6, 6.07) is 7.46. The van der Waals surface area contributed by atoms with E-state index in [1.165, 1.54) is 0 Å². The first kappa shape index (κ1) is 10.6. The van der Waals surface area contributed by atoms with Crippen LogP contribution in [0.3, 0.4) is 0 Å². The molecule has 1 heterocycles. The zero-order valence-electron chi connectivity index (χ0n) is 9.14. The van der Waals surface area contributed by atoms with Gasteiger partial charge in [0.2, 0.25) is 0 Å². The summed E-state index contributed by atoms with van der Waals surface area (Å²) < 4.78 is 5.30. The fourth-order valence-electron chi connectivity index (χ4n) is 1.56. The number of esters is 1. The molecule has 3 heteroatoms. The molecule has 1 aromatic heterocycles. The zero-order valence-corrected chi connectivity index (χ0v) is 9.14. The van der Waals surface area contributed by atoms with Crippen LogP contribution in [-0.2, 0) is 4.79 Å². The number of nitrogens with zero attached hydrogens (tertiary/aromatic N) is 1. The number of aromatic nitrogens is 1. The lowest BCUT2D eigenvalue weighted by Crippen LogP contribution is -2.07. The standard InChI is InChI=1S/C13H13NO2/c1-2-4-13(15)16-12-6-3-5-10-9-14-8-7-11(10)12/h3,5-9H,2,4H2,1H3. The predicted octanol–water partition coefficient (Wildman–Crippen LogP) is 2.94. The first-order valence-corrected chi connectivity index (χ1v) is 5.34. The SMILES string of the molecule is CCCC(=O)Oc1cccc2cnccc12. The molecule has 0 aliphatic heterocycles. The highest BCUT2D eigenvalue weighted by Gasteiger charge is 2.06. The van der Waals surface area contributed by atoms with E-state index in [2.05, 4.69) is 4.98 Å². The highest BCUT2D eigenvalue weighted by Crippen LogP contribution is 2.24. The van der Waals surface area contributed by atoms with Crippen LogP contribution in [0.2, 0.25) is 0 Å². The van der Waals surface area contributed by atoms with Gasteiger partial charge in [-0.3, -0.25) is 9.78 Å². The second-order valence-electron chi connectivity index (χ2n) is 3.58. The Kier molecular flexibility index (Phi) is 3.15. The van der Waals surface area contributed by atoms with Crippen molar-refractivity contribution < 1.29 is 9.53 Å². The summed E-state index contributed by atoms with van der Waals surface area (Å²) in [5.41, 5.74) is 0. The number of pyridine rings is 1. The maximum absolute atomic E-state index is 11.4. The minimum Gasteiger partial charge on any atom is -0.426 e. The van der Waals surface area contributed by atoms with Crippen molar-refractivity contribution in [2.75, 3.05) is 0 Å². The Hall–Kier alpha value is -1.90. The van der Waals surface area contributed by atoms with Gasteiger partial charge in [0, 0.05) is 29.6 Å². The van der Waals surface area contributed by atoms with Gasteiger partial charge in [-0.1, -0.05) is 19.1 Å². The quantitative estimate of drug-likeness (QED) is 0.583. The normalized spacial score (nSPS) is 10.3. The van der Waals surface area contributed by atoms with E-state index in [0.717, 1.165) is 17.2 Å². The van der Waals surface area contributed by atoms with Crippen LogP contribution >= 0.6 is 0 Å². The minimum absolute atomic E-state index is 0.188. The molecular formula is C13H13NO2. The molecule has 0 aliphatic rings. The number of carbonyl (C=O) groups excluding carboxylic acids is 1. The summed E-state index contributed by atoms with van der Waals surface area (Å²) in [6.07, 6.45) is 4.69. The van der Waals surface area contributed by atoms with Crippen molar-refractivity contribution in [3.8, 4) is 5.75 Å². The Balaban J connectivity index is 2.33. The number of benzene rings is 1. The smallest absolute Gasteiger partial charge is 0.311 e. The molecule has 2 rings (SSSR count). The Bertz CT molecular complexity index is 503. The molecule has 0 saturated heterocycles. The van der Waals surface area contributed by atoms with Crippen LogP contribution in [0.1, 0.15) is 19.8 Å². The molecule has 3 nitrogen and oxygen atoms in total. The summed E-state index contributed by atoms with van der Waals surface area (Å²) in [5, 5.41) is 1.89. The third kappa shape index (κ3) is 2.19. The summed E-state index contributed by atoms with van der Waals surface area (Å²) in [4.78, 5) is 15.4. The van der Waals surface area contributed by atoms with Crippen LogP contribution in [0.4, 0.5) is 0 Å². The molecular weight excluding hydrogens is 202 g/mol. The maximum atomic E-state index is 11.4. The van der Waals surface area contributed by atoms with Gasteiger partial charge in [0.25, 0.3) is 0 Å². The van der Waals surface area contributed by atoms with E-state index >= 15 is 0 Å². The molecule has 16 heavy (non-hydrogen) atoms. The van der Waals surface area contributed by atoms with Crippen LogP contribution in [0.25, 0.3) is 10.8 Å². The lowest BCUT2D eigenvalue weighted by molar-refractivity contribution is -0.134. The number of ether oxygens (including phenoxy) is 1. The molecule has 1 aromatic carbocycles. The molecule has 0 unspecified atom stereocenters. The van der Waals surface area contributed by atoms with Crippen molar-refractivity contribution >= 4 is 16.7 Å². The highest BCUT2D eigenvalue weighted by atomic mass is 16.5. The van der Waals surface area contributed by atoms with Gasteiger partial charge in [0.15, 0.2) is 0 Å². The first-order valence-electron chi connectivity index (χ1n) is 5.34. The van der Waals surface area contributed by atoms with Gasteiger partial charge in [-0.05, 0) is 18.6 Å². The molecule has 2 aromatic rings. The number of carbonyl (C=O) groups is 1. The number of hydrogen-bond donors (Lipinski definition) is 0. The number of rotatable bonds is 3. The monoisotopic (exact) mass is 215 g/mol. The fourth-order valence-corrected chi connectivity index (χ4v) is 1.56. The largest absolute Gasteiger partial charge is 0.426 e. The third-order valence-electron chi connectivity index (χ3n) is 2.32. The average Bonchev–Trinajstić information content (AvgIpc) is 2.30. The molecule has 82 valence electrons. The average molecular weight is 215 g/mol. The summed E-state index contributed by atoms with van der Waals surface area (Å²) in [6.45, 7) is 1.95.